The van der Waals surface area contributed by atoms with Crippen molar-refractivity contribution in [2.24, 2.45) is 0 Å². The molecule has 0 saturated carbocycles. The van der Waals surface area contributed by atoms with Crippen LogP contribution in [0.5, 0.6) is 0 Å². The Labute approximate surface area is 97.9 Å². The summed E-state index contributed by atoms with van der Waals surface area (Å²) in [7, 11) is 0. The van der Waals surface area contributed by atoms with Crippen molar-refractivity contribution < 1.29 is 4.39 Å². The Morgan fingerprint density at radius 2 is 1.94 bits per heavy atom. The van der Waals surface area contributed by atoms with Gasteiger partial charge in [0.2, 0.25) is 0 Å². The van der Waals surface area contributed by atoms with Crippen molar-refractivity contribution in [3.05, 3.63) is 47.9 Å². The third-order valence-electron chi connectivity index (χ3n) is 2.31. The summed E-state index contributed by atoms with van der Waals surface area (Å²) in [5.41, 5.74) is 8.22. The molecule has 0 bridgehead atoms. The fourth-order valence-electron chi connectivity index (χ4n) is 1.52. The molecule has 1 heterocycles. The van der Waals surface area contributed by atoms with E-state index in [1.165, 1.54) is 12.1 Å². The normalized spacial score (nSPS) is 10.4. The minimum atomic E-state index is -0.264. The number of hydrogen-bond donors (Lipinski definition) is 1. The van der Waals surface area contributed by atoms with Crippen molar-refractivity contribution in [2.75, 3.05) is 5.73 Å². The average Bonchev–Trinajstić information content (AvgIpc) is 2.30. The highest BCUT2D eigenvalue weighted by atomic mass is 35.5. The van der Waals surface area contributed by atoms with Gasteiger partial charge in [-0.1, -0.05) is 12.1 Å². The summed E-state index contributed by atoms with van der Waals surface area (Å²) in [4.78, 5) is 4.01. The maximum Gasteiger partial charge on any atom is 0.123 e. The molecule has 82 valence electrons. The van der Waals surface area contributed by atoms with Gasteiger partial charge in [-0.3, -0.25) is 0 Å². The highest BCUT2D eigenvalue weighted by Crippen LogP contribution is 2.25. The van der Waals surface area contributed by atoms with Gasteiger partial charge < -0.3 is 5.73 Å². The Morgan fingerprint density at radius 1 is 1.25 bits per heavy atom. The first-order valence-corrected chi connectivity index (χ1v) is 5.30. The van der Waals surface area contributed by atoms with Crippen LogP contribution in [0.1, 0.15) is 5.56 Å². The SMILES string of the molecule is Nc1cc(CCl)c(-c2ccc(F)cc2)cn1. The number of nitrogens with zero attached hydrogens (tertiary/aromatic N) is 1. The summed E-state index contributed by atoms with van der Waals surface area (Å²) in [6.07, 6.45) is 1.65. The van der Waals surface area contributed by atoms with E-state index in [4.69, 9.17) is 17.3 Å². The van der Waals surface area contributed by atoms with Crippen molar-refractivity contribution >= 4 is 17.4 Å². The van der Waals surface area contributed by atoms with Crippen molar-refractivity contribution in [1.82, 2.24) is 4.98 Å². The fourth-order valence-corrected chi connectivity index (χ4v) is 1.74. The van der Waals surface area contributed by atoms with E-state index in [9.17, 15) is 4.39 Å². The van der Waals surface area contributed by atoms with Gasteiger partial charge in [-0.15, -0.1) is 11.6 Å². The molecule has 0 aliphatic carbocycles. The first kappa shape index (κ1) is 10.9. The molecule has 1 aromatic heterocycles. The molecule has 2 N–H and O–H groups in total. The lowest BCUT2D eigenvalue weighted by atomic mass is 10.0. The lowest BCUT2D eigenvalue weighted by molar-refractivity contribution is 0.628. The second-order valence-electron chi connectivity index (χ2n) is 3.41. The lowest BCUT2D eigenvalue weighted by Gasteiger charge is -2.07. The number of pyridine rings is 1. The van der Waals surface area contributed by atoms with E-state index >= 15 is 0 Å². The standard InChI is InChI=1S/C12H10ClFN2/c13-6-9-5-12(15)16-7-11(9)8-1-3-10(14)4-2-8/h1-5,7H,6H2,(H2,15,16). The van der Waals surface area contributed by atoms with Crippen LogP contribution in [0.3, 0.4) is 0 Å². The van der Waals surface area contributed by atoms with Gasteiger partial charge in [0.05, 0.1) is 0 Å². The molecule has 0 aliphatic rings. The molecule has 0 radical (unpaired) electrons. The fraction of sp³-hybridized carbons (Fsp3) is 0.0833. The van der Waals surface area contributed by atoms with Gasteiger partial charge in [-0.2, -0.15) is 0 Å². The first-order valence-electron chi connectivity index (χ1n) is 4.77. The van der Waals surface area contributed by atoms with Crippen LogP contribution in [0.2, 0.25) is 0 Å². The van der Waals surface area contributed by atoms with Gasteiger partial charge in [0, 0.05) is 17.6 Å². The van der Waals surface area contributed by atoms with E-state index in [0.29, 0.717) is 11.7 Å². The minimum absolute atomic E-state index is 0.264. The Morgan fingerprint density at radius 3 is 2.56 bits per heavy atom. The van der Waals surface area contributed by atoms with Crippen molar-refractivity contribution in [1.29, 1.82) is 0 Å². The molecule has 0 aliphatic heterocycles. The maximum atomic E-state index is 12.8. The monoisotopic (exact) mass is 236 g/mol. The van der Waals surface area contributed by atoms with Crippen LogP contribution in [0, 0.1) is 5.82 Å². The molecule has 2 nitrogen and oxygen atoms in total. The molecule has 0 fully saturated rings. The quantitative estimate of drug-likeness (QED) is 0.814. The second-order valence-corrected chi connectivity index (χ2v) is 3.67. The highest BCUT2D eigenvalue weighted by molar-refractivity contribution is 6.17. The highest BCUT2D eigenvalue weighted by Gasteiger charge is 2.05. The molecule has 1 aromatic carbocycles. The summed E-state index contributed by atoms with van der Waals surface area (Å²) >= 11 is 5.83. The van der Waals surface area contributed by atoms with E-state index in [0.717, 1.165) is 16.7 Å². The zero-order valence-electron chi connectivity index (χ0n) is 8.45. The van der Waals surface area contributed by atoms with Crippen molar-refractivity contribution in [3.8, 4) is 11.1 Å². The van der Waals surface area contributed by atoms with Gasteiger partial charge in [0.15, 0.2) is 0 Å². The second kappa shape index (κ2) is 4.49. The molecule has 16 heavy (non-hydrogen) atoms. The summed E-state index contributed by atoms with van der Waals surface area (Å²) < 4.78 is 12.8. The van der Waals surface area contributed by atoms with E-state index in [2.05, 4.69) is 4.98 Å². The Bertz CT molecular complexity index is 497. The molecule has 0 atom stereocenters. The molecule has 0 amide bonds. The van der Waals surface area contributed by atoms with E-state index < -0.39 is 0 Å². The molecular formula is C12H10ClFN2. The van der Waals surface area contributed by atoms with Gasteiger partial charge in [0.1, 0.15) is 11.6 Å². The Hall–Kier alpha value is -1.61. The number of rotatable bonds is 2. The number of anilines is 1. The molecule has 0 spiro atoms. The average molecular weight is 237 g/mol. The number of nitrogen functional groups attached to an aromatic ring is 1. The van der Waals surface area contributed by atoms with Crippen LogP contribution in [0.15, 0.2) is 36.5 Å². The number of hydrogen-bond acceptors (Lipinski definition) is 2. The minimum Gasteiger partial charge on any atom is -0.384 e. The third kappa shape index (κ3) is 2.14. The van der Waals surface area contributed by atoms with Gasteiger partial charge >= 0.3 is 0 Å². The van der Waals surface area contributed by atoms with Gasteiger partial charge in [-0.25, -0.2) is 9.37 Å². The zero-order valence-corrected chi connectivity index (χ0v) is 9.21. The number of aromatic nitrogens is 1. The molecule has 4 heteroatoms. The number of nitrogens with two attached hydrogens (primary N) is 1. The van der Waals surface area contributed by atoms with E-state index in [1.807, 2.05) is 0 Å². The Balaban J connectivity index is 2.51. The number of alkyl halides is 1. The summed E-state index contributed by atoms with van der Waals surface area (Å²) in [5.74, 6) is 0.514. The van der Waals surface area contributed by atoms with Gasteiger partial charge in [-0.05, 0) is 29.3 Å². The van der Waals surface area contributed by atoms with Crippen LogP contribution < -0.4 is 5.73 Å². The topological polar surface area (TPSA) is 38.9 Å². The molecular weight excluding hydrogens is 227 g/mol. The maximum absolute atomic E-state index is 12.8. The van der Waals surface area contributed by atoms with Crippen LogP contribution in [0.4, 0.5) is 10.2 Å². The smallest absolute Gasteiger partial charge is 0.123 e. The first-order chi connectivity index (χ1) is 7.70. The van der Waals surface area contributed by atoms with Crippen molar-refractivity contribution in [3.63, 3.8) is 0 Å². The Kier molecular flexibility index (Phi) is 3.06. The largest absolute Gasteiger partial charge is 0.384 e. The van der Waals surface area contributed by atoms with E-state index in [1.54, 1.807) is 24.4 Å². The lowest BCUT2D eigenvalue weighted by Crippen LogP contribution is -1.94. The molecule has 0 unspecified atom stereocenters. The van der Waals surface area contributed by atoms with Gasteiger partial charge in [0.25, 0.3) is 0 Å². The summed E-state index contributed by atoms with van der Waals surface area (Å²) in [6.45, 7) is 0. The van der Waals surface area contributed by atoms with Crippen LogP contribution in [-0.2, 0) is 5.88 Å². The van der Waals surface area contributed by atoms with Crippen LogP contribution in [-0.4, -0.2) is 4.98 Å². The van der Waals surface area contributed by atoms with Crippen LogP contribution in [0.25, 0.3) is 11.1 Å². The zero-order chi connectivity index (χ0) is 11.5. The number of halogens is 2. The van der Waals surface area contributed by atoms with Crippen LogP contribution >= 0.6 is 11.6 Å². The summed E-state index contributed by atoms with van der Waals surface area (Å²) in [5, 5.41) is 0. The number of benzene rings is 1. The predicted octanol–water partition coefficient (Wildman–Crippen LogP) is 3.21. The molecule has 2 rings (SSSR count). The van der Waals surface area contributed by atoms with E-state index in [-0.39, 0.29) is 5.82 Å². The predicted molar refractivity (Wildman–Crippen MR) is 63.6 cm³/mol. The third-order valence-corrected chi connectivity index (χ3v) is 2.60. The van der Waals surface area contributed by atoms with Crippen molar-refractivity contribution in [2.45, 2.75) is 5.88 Å². The summed E-state index contributed by atoms with van der Waals surface area (Å²) in [6, 6.07) is 7.93. The molecule has 0 saturated heterocycles. The molecule has 2 aromatic rings.